The van der Waals surface area contributed by atoms with E-state index in [1.165, 1.54) is 19.5 Å². The van der Waals surface area contributed by atoms with Gasteiger partial charge in [0.2, 0.25) is 0 Å². The highest BCUT2D eigenvalue weighted by atomic mass is 35.5. The molecule has 2 fully saturated rings. The Labute approximate surface area is 119 Å². The molecule has 1 aromatic carbocycles. The first-order valence-electron chi connectivity index (χ1n) is 7.09. The minimum atomic E-state index is -0.437. The number of hydrogen-bond donors (Lipinski definition) is 1. The van der Waals surface area contributed by atoms with Gasteiger partial charge in [0.1, 0.15) is 5.75 Å². The smallest absolute Gasteiger partial charge is 0.138 e. The molecule has 0 aromatic heterocycles. The molecule has 3 nitrogen and oxygen atoms in total. The Hall–Kier alpha value is -0.770. The second-order valence-corrected chi connectivity index (χ2v) is 5.91. The Kier molecular flexibility index (Phi) is 3.96. The monoisotopic (exact) mass is 281 g/mol. The van der Waals surface area contributed by atoms with Gasteiger partial charge in [0.25, 0.3) is 0 Å². The highest BCUT2D eigenvalue weighted by molar-refractivity contribution is 6.32. The normalized spacial score (nSPS) is 20.9. The van der Waals surface area contributed by atoms with E-state index in [4.69, 9.17) is 16.3 Å². The number of benzene rings is 1. The zero-order valence-corrected chi connectivity index (χ0v) is 11.8. The van der Waals surface area contributed by atoms with Crippen molar-refractivity contribution in [2.45, 2.75) is 37.9 Å². The van der Waals surface area contributed by atoms with E-state index in [0.717, 1.165) is 37.1 Å². The first-order chi connectivity index (χ1) is 9.22. The summed E-state index contributed by atoms with van der Waals surface area (Å²) in [6, 6.07) is 5.63. The largest absolute Gasteiger partial charge is 0.489 e. The fourth-order valence-corrected chi connectivity index (χ4v) is 2.50. The van der Waals surface area contributed by atoms with Gasteiger partial charge >= 0.3 is 0 Å². The number of hydrogen-bond acceptors (Lipinski definition) is 3. The average molecular weight is 282 g/mol. The van der Waals surface area contributed by atoms with Crippen LogP contribution in [0, 0.1) is 0 Å². The Morgan fingerprint density at radius 3 is 2.74 bits per heavy atom. The van der Waals surface area contributed by atoms with Crippen molar-refractivity contribution in [1.82, 2.24) is 4.90 Å². The SMILES string of the molecule is OC(CCN1CCC1)c1ccc(OC2CC2)c(Cl)c1. The van der Waals surface area contributed by atoms with Gasteiger partial charge in [-0.3, -0.25) is 0 Å². The van der Waals surface area contributed by atoms with E-state index < -0.39 is 6.10 Å². The van der Waals surface area contributed by atoms with Crippen LogP contribution in [0.3, 0.4) is 0 Å². The summed E-state index contributed by atoms with van der Waals surface area (Å²) < 4.78 is 5.69. The third kappa shape index (κ3) is 3.41. The Morgan fingerprint density at radius 1 is 1.37 bits per heavy atom. The van der Waals surface area contributed by atoms with Crippen molar-refractivity contribution in [1.29, 1.82) is 0 Å². The lowest BCUT2D eigenvalue weighted by molar-refractivity contribution is 0.116. The fourth-order valence-electron chi connectivity index (χ4n) is 2.26. The molecule has 1 saturated carbocycles. The van der Waals surface area contributed by atoms with Crippen LogP contribution < -0.4 is 4.74 Å². The van der Waals surface area contributed by atoms with Crippen molar-refractivity contribution in [3.63, 3.8) is 0 Å². The van der Waals surface area contributed by atoms with E-state index in [1.807, 2.05) is 18.2 Å². The van der Waals surface area contributed by atoms with Crippen molar-refractivity contribution in [2.75, 3.05) is 19.6 Å². The van der Waals surface area contributed by atoms with E-state index in [9.17, 15) is 5.11 Å². The van der Waals surface area contributed by atoms with Crippen LogP contribution in [-0.2, 0) is 0 Å². The topological polar surface area (TPSA) is 32.7 Å². The van der Waals surface area contributed by atoms with E-state index in [-0.39, 0.29) is 0 Å². The summed E-state index contributed by atoms with van der Waals surface area (Å²) in [5, 5.41) is 10.8. The van der Waals surface area contributed by atoms with Gasteiger partial charge in [-0.15, -0.1) is 0 Å². The summed E-state index contributed by atoms with van der Waals surface area (Å²) >= 11 is 6.20. The van der Waals surface area contributed by atoms with Gasteiger partial charge in [-0.05, 0) is 56.5 Å². The Morgan fingerprint density at radius 2 is 2.16 bits per heavy atom. The molecule has 1 heterocycles. The molecule has 1 atom stereocenters. The molecule has 4 heteroatoms. The molecule has 1 aliphatic carbocycles. The second kappa shape index (κ2) is 5.70. The van der Waals surface area contributed by atoms with E-state index >= 15 is 0 Å². The van der Waals surface area contributed by atoms with Crippen LogP contribution in [-0.4, -0.2) is 35.7 Å². The van der Waals surface area contributed by atoms with Gasteiger partial charge < -0.3 is 14.7 Å². The van der Waals surface area contributed by atoms with E-state index in [2.05, 4.69) is 4.90 Å². The van der Waals surface area contributed by atoms with Crippen LogP contribution in [0.5, 0.6) is 5.75 Å². The molecule has 0 radical (unpaired) electrons. The number of aliphatic hydroxyl groups is 1. The average Bonchev–Trinajstić information content (AvgIpc) is 3.13. The third-order valence-electron chi connectivity index (χ3n) is 3.83. The van der Waals surface area contributed by atoms with Crippen LogP contribution in [0.4, 0.5) is 0 Å². The van der Waals surface area contributed by atoms with E-state index in [0.29, 0.717) is 11.1 Å². The van der Waals surface area contributed by atoms with Crippen molar-refractivity contribution in [3.05, 3.63) is 28.8 Å². The van der Waals surface area contributed by atoms with Gasteiger partial charge in [-0.25, -0.2) is 0 Å². The predicted octanol–water partition coefficient (Wildman–Crippen LogP) is 3.01. The highest BCUT2D eigenvalue weighted by Crippen LogP contribution is 2.34. The van der Waals surface area contributed by atoms with Gasteiger partial charge in [0.05, 0.1) is 17.2 Å². The van der Waals surface area contributed by atoms with Crippen molar-refractivity contribution in [3.8, 4) is 5.75 Å². The van der Waals surface area contributed by atoms with Crippen molar-refractivity contribution in [2.24, 2.45) is 0 Å². The number of likely N-dealkylation sites (tertiary alicyclic amines) is 1. The summed E-state index contributed by atoms with van der Waals surface area (Å²) in [7, 11) is 0. The van der Waals surface area contributed by atoms with Crippen LogP contribution >= 0.6 is 11.6 Å². The number of rotatable bonds is 6. The van der Waals surface area contributed by atoms with Crippen molar-refractivity contribution < 1.29 is 9.84 Å². The first-order valence-corrected chi connectivity index (χ1v) is 7.47. The maximum Gasteiger partial charge on any atom is 0.138 e. The summed E-state index contributed by atoms with van der Waals surface area (Å²) in [5.41, 5.74) is 0.883. The summed E-state index contributed by atoms with van der Waals surface area (Å²) in [6.07, 6.45) is 4.20. The van der Waals surface area contributed by atoms with Crippen LogP contribution in [0.15, 0.2) is 18.2 Å². The lowest BCUT2D eigenvalue weighted by atomic mass is 10.1. The molecular weight excluding hydrogens is 262 g/mol. The molecular formula is C15H20ClNO2. The summed E-state index contributed by atoms with van der Waals surface area (Å²) in [6.45, 7) is 3.29. The van der Waals surface area contributed by atoms with Crippen LogP contribution in [0.2, 0.25) is 5.02 Å². The fraction of sp³-hybridized carbons (Fsp3) is 0.600. The molecule has 1 unspecified atom stereocenters. The molecule has 0 spiro atoms. The third-order valence-corrected chi connectivity index (χ3v) is 4.12. The number of halogens is 1. The quantitative estimate of drug-likeness (QED) is 0.870. The molecule has 1 aliphatic heterocycles. The molecule has 3 rings (SSSR count). The predicted molar refractivity (Wildman–Crippen MR) is 75.7 cm³/mol. The van der Waals surface area contributed by atoms with Gasteiger partial charge in [0.15, 0.2) is 0 Å². The minimum absolute atomic E-state index is 0.347. The summed E-state index contributed by atoms with van der Waals surface area (Å²) in [4.78, 5) is 2.36. The van der Waals surface area contributed by atoms with Crippen LogP contribution in [0.25, 0.3) is 0 Å². The molecule has 1 saturated heterocycles. The maximum atomic E-state index is 10.2. The van der Waals surface area contributed by atoms with E-state index in [1.54, 1.807) is 0 Å². The molecule has 104 valence electrons. The van der Waals surface area contributed by atoms with Crippen LogP contribution in [0.1, 0.15) is 37.4 Å². The Balaban J connectivity index is 1.57. The first kappa shape index (κ1) is 13.2. The zero-order chi connectivity index (χ0) is 13.2. The standard InChI is InChI=1S/C15H20ClNO2/c16-13-10-11(2-5-15(13)19-12-3-4-12)14(18)6-9-17-7-1-8-17/h2,5,10,12,14,18H,1,3-4,6-9H2. The highest BCUT2D eigenvalue weighted by Gasteiger charge is 2.24. The molecule has 0 bridgehead atoms. The Bertz CT molecular complexity index is 444. The van der Waals surface area contributed by atoms with Gasteiger partial charge in [-0.1, -0.05) is 17.7 Å². The van der Waals surface area contributed by atoms with Gasteiger partial charge in [-0.2, -0.15) is 0 Å². The number of aliphatic hydroxyl groups excluding tert-OH is 1. The lowest BCUT2D eigenvalue weighted by Gasteiger charge is -2.31. The maximum absolute atomic E-state index is 10.2. The number of ether oxygens (including phenoxy) is 1. The molecule has 0 amide bonds. The second-order valence-electron chi connectivity index (χ2n) is 5.51. The van der Waals surface area contributed by atoms with Gasteiger partial charge in [0, 0.05) is 6.54 Å². The number of nitrogens with zero attached hydrogens (tertiary/aromatic N) is 1. The molecule has 1 aromatic rings. The molecule has 2 aliphatic rings. The molecule has 1 N–H and O–H groups in total. The minimum Gasteiger partial charge on any atom is -0.489 e. The lowest BCUT2D eigenvalue weighted by Crippen LogP contribution is -2.38. The van der Waals surface area contributed by atoms with Crippen molar-refractivity contribution >= 4 is 11.6 Å². The zero-order valence-electron chi connectivity index (χ0n) is 11.0. The summed E-state index contributed by atoms with van der Waals surface area (Å²) in [5.74, 6) is 0.739. The molecule has 19 heavy (non-hydrogen) atoms.